The van der Waals surface area contributed by atoms with E-state index in [0.717, 1.165) is 5.56 Å². The van der Waals surface area contributed by atoms with E-state index in [1.165, 1.54) is 6.07 Å². The molecule has 0 atom stereocenters. The van der Waals surface area contributed by atoms with Crippen molar-refractivity contribution in [2.24, 2.45) is 5.73 Å². The van der Waals surface area contributed by atoms with Crippen molar-refractivity contribution >= 4 is 21.7 Å². The maximum atomic E-state index is 11.2. The molecule has 4 heteroatoms. The third-order valence-corrected chi connectivity index (χ3v) is 2.77. The van der Waals surface area contributed by atoms with Crippen molar-refractivity contribution < 1.29 is 9.90 Å². The minimum Gasteiger partial charge on any atom is -0.507 e. The van der Waals surface area contributed by atoms with E-state index in [0.29, 0.717) is 10.0 Å². The molecule has 1 aromatic rings. The Kier molecular flexibility index (Phi) is 3.06. The molecule has 0 aliphatic heterocycles. The largest absolute Gasteiger partial charge is 0.507 e. The van der Waals surface area contributed by atoms with E-state index < -0.39 is 0 Å². The highest BCUT2D eigenvalue weighted by atomic mass is 79.9. The van der Waals surface area contributed by atoms with Gasteiger partial charge in [0, 0.05) is 5.56 Å². The smallest absolute Gasteiger partial charge is 0.176 e. The van der Waals surface area contributed by atoms with Gasteiger partial charge in [0.25, 0.3) is 0 Å². The topological polar surface area (TPSA) is 63.3 Å². The van der Waals surface area contributed by atoms with Crippen molar-refractivity contribution in [2.75, 3.05) is 6.54 Å². The number of phenolic OH excluding ortho intramolecular Hbond substituents is 1. The van der Waals surface area contributed by atoms with Gasteiger partial charge < -0.3 is 10.8 Å². The van der Waals surface area contributed by atoms with E-state index in [1.807, 2.05) is 0 Å². The van der Waals surface area contributed by atoms with Gasteiger partial charge in [-0.1, -0.05) is 0 Å². The SMILES string of the molecule is Cc1cc(C(=O)CN)cc(O)c1Br. The first kappa shape index (κ1) is 10.2. The van der Waals surface area contributed by atoms with Crippen LogP contribution in [0.4, 0.5) is 0 Å². The zero-order chi connectivity index (χ0) is 10.0. The van der Waals surface area contributed by atoms with Crippen LogP contribution >= 0.6 is 15.9 Å². The van der Waals surface area contributed by atoms with Gasteiger partial charge in [0.15, 0.2) is 5.78 Å². The first-order valence-electron chi connectivity index (χ1n) is 3.78. The van der Waals surface area contributed by atoms with Gasteiger partial charge in [-0.25, -0.2) is 0 Å². The van der Waals surface area contributed by atoms with Gasteiger partial charge in [-0.3, -0.25) is 4.79 Å². The molecule has 1 aromatic carbocycles. The normalized spacial score (nSPS) is 10.1. The van der Waals surface area contributed by atoms with Gasteiger partial charge in [-0.2, -0.15) is 0 Å². The maximum Gasteiger partial charge on any atom is 0.176 e. The highest BCUT2D eigenvalue weighted by molar-refractivity contribution is 9.10. The molecule has 0 aromatic heterocycles. The number of Topliss-reactive ketones (excluding diaryl/α,β-unsaturated/α-hetero) is 1. The minimum atomic E-state index is -0.175. The molecule has 0 aliphatic rings. The fourth-order valence-corrected chi connectivity index (χ4v) is 1.26. The van der Waals surface area contributed by atoms with E-state index in [2.05, 4.69) is 15.9 Å². The fraction of sp³-hybridized carbons (Fsp3) is 0.222. The van der Waals surface area contributed by atoms with Gasteiger partial charge in [0.2, 0.25) is 0 Å². The predicted octanol–water partition coefficient (Wildman–Crippen LogP) is 1.60. The Labute approximate surface area is 84.7 Å². The number of carbonyl (C=O) groups excluding carboxylic acids is 1. The molecule has 0 radical (unpaired) electrons. The Balaban J connectivity index is 3.20. The molecule has 13 heavy (non-hydrogen) atoms. The van der Waals surface area contributed by atoms with Crippen molar-refractivity contribution in [3.8, 4) is 5.75 Å². The second-order valence-corrected chi connectivity index (χ2v) is 3.55. The number of halogens is 1. The number of rotatable bonds is 2. The van der Waals surface area contributed by atoms with Crippen LogP contribution in [0.1, 0.15) is 15.9 Å². The van der Waals surface area contributed by atoms with Gasteiger partial charge in [-0.15, -0.1) is 0 Å². The lowest BCUT2D eigenvalue weighted by Crippen LogP contribution is -2.13. The number of nitrogens with two attached hydrogens (primary N) is 1. The van der Waals surface area contributed by atoms with Crippen LogP contribution in [-0.4, -0.2) is 17.4 Å². The standard InChI is InChI=1S/C9H10BrNO2/c1-5-2-6(8(13)4-11)3-7(12)9(5)10/h2-3,12H,4,11H2,1H3. The summed E-state index contributed by atoms with van der Waals surface area (Å²) in [5.74, 6) is -0.109. The van der Waals surface area contributed by atoms with E-state index in [1.54, 1.807) is 13.0 Å². The molecule has 0 heterocycles. The van der Waals surface area contributed by atoms with Crippen molar-refractivity contribution in [1.29, 1.82) is 0 Å². The average molecular weight is 244 g/mol. The molecule has 0 saturated carbocycles. The average Bonchev–Trinajstić information content (AvgIpc) is 2.12. The van der Waals surface area contributed by atoms with Crippen molar-refractivity contribution in [3.63, 3.8) is 0 Å². The molecule has 0 fully saturated rings. The lowest BCUT2D eigenvalue weighted by Gasteiger charge is -2.04. The number of aromatic hydroxyl groups is 1. The summed E-state index contributed by atoms with van der Waals surface area (Å²) in [7, 11) is 0. The van der Waals surface area contributed by atoms with Crippen LogP contribution < -0.4 is 5.73 Å². The number of ketones is 1. The summed E-state index contributed by atoms with van der Waals surface area (Å²) in [6, 6.07) is 3.10. The Hall–Kier alpha value is -0.870. The first-order valence-corrected chi connectivity index (χ1v) is 4.58. The monoisotopic (exact) mass is 243 g/mol. The van der Waals surface area contributed by atoms with Gasteiger partial charge >= 0.3 is 0 Å². The summed E-state index contributed by atoms with van der Waals surface area (Å²) < 4.78 is 0.612. The van der Waals surface area contributed by atoms with E-state index in [9.17, 15) is 9.90 Å². The number of aryl methyl sites for hydroxylation is 1. The Morgan fingerprint density at radius 1 is 1.62 bits per heavy atom. The molecule has 3 N–H and O–H groups in total. The predicted molar refractivity (Wildman–Crippen MR) is 53.9 cm³/mol. The third-order valence-electron chi connectivity index (χ3n) is 1.74. The summed E-state index contributed by atoms with van der Waals surface area (Å²) in [4.78, 5) is 11.2. The van der Waals surface area contributed by atoms with Crippen LogP contribution in [0, 0.1) is 6.92 Å². The number of benzene rings is 1. The second-order valence-electron chi connectivity index (χ2n) is 2.75. The zero-order valence-electron chi connectivity index (χ0n) is 7.17. The van der Waals surface area contributed by atoms with Crippen molar-refractivity contribution in [3.05, 3.63) is 27.7 Å². The molecule has 0 unspecified atom stereocenters. The summed E-state index contributed by atoms with van der Waals surface area (Å²) in [5, 5.41) is 9.39. The van der Waals surface area contributed by atoms with Gasteiger partial charge in [0.1, 0.15) is 5.75 Å². The van der Waals surface area contributed by atoms with Crippen LogP contribution in [0.3, 0.4) is 0 Å². The molecular formula is C9H10BrNO2. The molecule has 0 bridgehead atoms. The number of phenols is 1. The van der Waals surface area contributed by atoms with E-state index in [-0.39, 0.29) is 18.1 Å². The van der Waals surface area contributed by atoms with Gasteiger partial charge in [-0.05, 0) is 40.5 Å². The Morgan fingerprint density at radius 3 is 2.69 bits per heavy atom. The number of hydrogen-bond acceptors (Lipinski definition) is 3. The van der Waals surface area contributed by atoms with Crippen molar-refractivity contribution in [1.82, 2.24) is 0 Å². The van der Waals surface area contributed by atoms with Crippen LogP contribution in [-0.2, 0) is 0 Å². The van der Waals surface area contributed by atoms with Crippen LogP contribution in [0.15, 0.2) is 16.6 Å². The Bertz CT molecular complexity index is 326. The van der Waals surface area contributed by atoms with E-state index >= 15 is 0 Å². The van der Waals surface area contributed by atoms with Crippen LogP contribution in [0.5, 0.6) is 5.75 Å². The summed E-state index contributed by atoms with van der Waals surface area (Å²) in [6.07, 6.45) is 0. The number of hydrogen-bond donors (Lipinski definition) is 2. The fourth-order valence-electron chi connectivity index (χ4n) is 1.03. The van der Waals surface area contributed by atoms with Crippen molar-refractivity contribution in [2.45, 2.75) is 6.92 Å². The highest BCUT2D eigenvalue weighted by Gasteiger charge is 2.08. The quantitative estimate of drug-likeness (QED) is 0.776. The Morgan fingerprint density at radius 2 is 2.23 bits per heavy atom. The zero-order valence-corrected chi connectivity index (χ0v) is 8.76. The molecule has 0 saturated heterocycles. The second kappa shape index (κ2) is 3.89. The molecule has 1 rings (SSSR count). The molecule has 70 valence electrons. The highest BCUT2D eigenvalue weighted by Crippen LogP contribution is 2.28. The lowest BCUT2D eigenvalue weighted by molar-refractivity contribution is 0.100. The number of carbonyl (C=O) groups is 1. The molecule has 0 spiro atoms. The molecule has 0 amide bonds. The van der Waals surface area contributed by atoms with Crippen LogP contribution in [0.2, 0.25) is 0 Å². The summed E-state index contributed by atoms with van der Waals surface area (Å²) in [6.45, 7) is 1.76. The first-order chi connectivity index (χ1) is 6.06. The summed E-state index contributed by atoms with van der Waals surface area (Å²) >= 11 is 3.19. The molecule has 3 nitrogen and oxygen atoms in total. The van der Waals surface area contributed by atoms with Gasteiger partial charge in [0.05, 0.1) is 11.0 Å². The lowest BCUT2D eigenvalue weighted by atomic mass is 10.1. The molecule has 0 aliphatic carbocycles. The minimum absolute atomic E-state index is 0.0412. The van der Waals surface area contributed by atoms with Crippen LogP contribution in [0.25, 0.3) is 0 Å². The maximum absolute atomic E-state index is 11.2. The summed E-state index contributed by atoms with van der Waals surface area (Å²) in [5.41, 5.74) is 6.46. The van der Waals surface area contributed by atoms with E-state index in [4.69, 9.17) is 5.73 Å². The third kappa shape index (κ3) is 2.08. The molecular weight excluding hydrogens is 234 g/mol.